The molecule has 25 heavy (non-hydrogen) atoms. The molecule has 1 aromatic carbocycles. The Morgan fingerprint density at radius 2 is 1.84 bits per heavy atom. The predicted octanol–water partition coefficient (Wildman–Crippen LogP) is 2.62. The number of sulfone groups is 1. The Labute approximate surface area is 154 Å². The molecule has 0 bridgehead atoms. The van der Waals surface area contributed by atoms with Crippen LogP contribution in [0, 0.1) is 11.3 Å². The third-order valence-corrected chi connectivity index (χ3v) is 4.18. The normalized spacial score (nSPS) is 10.0. The minimum atomic E-state index is -3.24. The Morgan fingerprint density at radius 3 is 2.28 bits per heavy atom. The van der Waals surface area contributed by atoms with Gasteiger partial charge in [-0.25, -0.2) is 13.4 Å². The number of hydrogen-bond donors (Lipinski definition) is 0. The van der Waals surface area contributed by atoms with Crippen molar-refractivity contribution in [3.63, 3.8) is 0 Å². The molecular formula is C16H16BrN3O4S. The van der Waals surface area contributed by atoms with Crippen LogP contribution in [0.25, 0.3) is 0 Å². The van der Waals surface area contributed by atoms with E-state index in [9.17, 15) is 13.2 Å². The summed E-state index contributed by atoms with van der Waals surface area (Å²) in [7, 11) is 0.135. The standard InChI is InChI=1S/C13H9BrN2O3S.C3H7NO/c1-20(17,18)11-4-2-10(3-5-11)19-13-6-9(14)8-16-12(13)7-15;1-4(2)3-5/h2-6,8H,1H3;3H,1-2H3. The van der Waals surface area contributed by atoms with Gasteiger partial charge in [-0.15, -0.1) is 0 Å². The van der Waals surface area contributed by atoms with Gasteiger partial charge in [0.15, 0.2) is 21.3 Å². The van der Waals surface area contributed by atoms with E-state index in [4.69, 9.17) is 10.00 Å². The summed E-state index contributed by atoms with van der Waals surface area (Å²) in [5, 5.41) is 8.95. The smallest absolute Gasteiger partial charge is 0.209 e. The first-order chi connectivity index (χ1) is 11.7. The van der Waals surface area contributed by atoms with Gasteiger partial charge in [-0.3, -0.25) is 4.79 Å². The average Bonchev–Trinajstić information content (AvgIpc) is 2.55. The average molecular weight is 426 g/mol. The van der Waals surface area contributed by atoms with E-state index >= 15 is 0 Å². The number of nitrogens with zero attached hydrogens (tertiary/aromatic N) is 3. The van der Waals surface area contributed by atoms with Crippen molar-refractivity contribution in [1.29, 1.82) is 5.26 Å². The fraction of sp³-hybridized carbons (Fsp3) is 0.188. The molecule has 0 aliphatic rings. The highest BCUT2D eigenvalue weighted by atomic mass is 79.9. The second-order valence-electron chi connectivity index (χ2n) is 5.03. The maximum atomic E-state index is 11.3. The molecule has 1 amide bonds. The van der Waals surface area contributed by atoms with Crippen LogP contribution in [-0.4, -0.2) is 45.1 Å². The number of carbonyl (C=O) groups is 1. The summed E-state index contributed by atoms with van der Waals surface area (Å²) in [5.41, 5.74) is 0.153. The lowest BCUT2D eigenvalue weighted by molar-refractivity contribution is -0.115. The predicted molar refractivity (Wildman–Crippen MR) is 96.0 cm³/mol. The van der Waals surface area contributed by atoms with Gasteiger partial charge in [0, 0.05) is 31.0 Å². The van der Waals surface area contributed by atoms with E-state index in [1.54, 1.807) is 20.2 Å². The molecule has 0 unspecified atom stereocenters. The number of carbonyl (C=O) groups excluding carboxylic acids is 1. The molecule has 0 radical (unpaired) electrons. The highest BCUT2D eigenvalue weighted by Crippen LogP contribution is 2.27. The Hall–Kier alpha value is -2.44. The van der Waals surface area contributed by atoms with Gasteiger partial charge in [0.2, 0.25) is 6.41 Å². The molecular weight excluding hydrogens is 410 g/mol. The highest BCUT2D eigenvalue weighted by Gasteiger charge is 2.09. The fourth-order valence-corrected chi connectivity index (χ4v) is 2.41. The number of nitriles is 1. The lowest BCUT2D eigenvalue weighted by Gasteiger charge is -2.07. The number of benzene rings is 1. The van der Waals surface area contributed by atoms with Crippen molar-refractivity contribution in [3.8, 4) is 17.6 Å². The van der Waals surface area contributed by atoms with E-state index in [1.165, 1.54) is 35.4 Å². The van der Waals surface area contributed by atoms with E-state index in [2.05, 4.69) is 20.9 Å². The van der Waals surface area contributed by atoms with Crippen LogP contribution in [0.15, 0.2) is 45.9 Å². The lowest BCUT2D eigenvalue weighted by Crippen LogP contribution is -2.06. The van der Waals surface area contributed by atoms with Crippen LogP contribution in [0.1, 0.15) is 5.69 Å². The molecule has 1 heterocycles. The zero-order valence-corrected chi connectivity index (χ0v) is 16.2. The van der Waals surface area contributed by atoms with Crippen LogP contribution in [-0.2, 0) is 14.6 Å². The monoisotopic (exact) mass is 425 g/mol. The number of pyridine rings is 1. The Bertz CT molecular complexity index is 875. The molecule has 0 N–H and O–H groups in total. The summed E-state index contributed by atoms with van der Waals surface area (Å²) in [6.45, 7) is 0. The van der Waals surface area contributed by atoms with E-state index in [0.717, 1.165) is 12.7 Å². The number of amides is 1. The molecule has 2 rings (SSSR count). The molecule has 0 spiro atoms. The van der Waals surface area contributed by atoms with Gasteiger partial charge in [0.1, 0.15) is 11.8 Å². The summed E-state index contributed by atoms with van der Waals surface area (Å²) in [6.07, 6.45) is 3.38. The molecule has 1 aromatic heterocycles. The lowest BCUT2D eigenvalue weighted by atomic mass is 10.3. The van der Waals surface area contributed by atoms with Gasteiger partial charge in [0.05, 0.1) is 4.90 Å². The first-order valence-corrected chi connectivity index (χ1v) is 9.51. The first-order valence-electron chi connectivity index (χ1n) is 6.82. The van der Waals surface area contributed by atoms with Crippen molar-refractivity contribution in [3.05, 3.63) is 46.7 Å². The third kappa shape index (κ3) is 6.91. The molecule has 0 aliphatic heterocycles. The van der Waals surface area contributed by atoms with Crippen LogP contribution < -0.4 is 4.74 Å². The molecule has 132 valence electrons. The van der Waals surface area contributed by atoms with Crippen molar-refractivity contribution >= 4 is 32.2 Å². The van der Waals surface area contributed by atoms with E-state index < -0.39 is 9.84 Å². The van der Waals surface area contributed by atoms with Crippen molar-refractivity contribution in [2.75, 3.05) is 20.4 Å². The minimum absolute atomic E-state index is 0.153. The number of rotatable bonds is 4. The molecule has 0 saturated heterocycles. The summed E-state index contributed by atoms with van der Waals surface area (Å²) >= 11 is 3.25. The van der Waals surface area contributed by atoms with Crippen LogP contribution >= 0.6 is 15.9 Å². The van der Waals surface area contributed by atoms with Crippen LogP contribution in [0.3, 0.4) is 0 Å². The summed E-state index contributed by atoms with van der Waals surface area (Å²) < 4.78 is 28.9. The fourth-order valence-electron chi connectivity index (χ4n) is 1.46. The number of hydrogen-bond acceptors (Lipinski definition) is 6. The Kier molecular flexibility index (Phi) is 7.54. The van der Waals surface area contributed by atoms with Crippen molar-refractivity contribution < 1.29 is 17.9 Å². The zero-order chi connectivity index (χ0) is 19.0. The number of ether oxygens (including phenoxy) is 1. The van der Waals surface area contributed by atoms with E-state index in [-0.39, 0.29) is 10.6 Å². The third-order valence-electron chi connectivity index (χ3n) is 2.62. The van der Waals surface area contributed by atoms with Crippen molar-refractivity contribution in [2.24, 2.45) is 0 Å². The van der Waals surface area contributed by atoms with Gasteiger partial charge in [0.25, 0.3) is 0 Å². The van der Waals surface area contributed by atoms with Gasteiger partial charge < -0.3 is 9.64 Å². The molecule has 0 fully saturated rings. The zero-order valence-electron chi connectivity index (χ0n) is 13.8. The van der Waals surface area contributed by atoms with Crippen LogP contribution in [0.5, 0.6) is 11.5 Å². The molecule has 9 heteroatoms. The van der Waals surface area contributed by atoms with Crippen molar-refractivity contribution in [2.45, 2.75) is 4.90 Å². The molecule has 0 saturated carbocycles. The largest absolute Gasteiger partial charge is 0.454 e. The maximum absolute atomic E-state index is 11.3. The van der Waals surface area contributed by atoms with Gasteiger partial charge in [-0.05, 0) is 46.3 Å². The SMILES string of the molecule is CN(C)C=O.CS(=O)(=O)c1ccc(Oc2cc(Br)cnc2C#N)cc1. The second kappa shape index (κ2) is 9.15. The van der Waals surface area contributed by atoms with E-state index in [1.807, 2.05) is 6.07 Å². The molecule has 0 atom stereocenters. The molecule has 0 aliphatic carbocycles. The highest BCUT2D eigenvalue weighted by molar-refractivity contribution is 9.10. The molecule has 2 aromatic rings. The van der Waals surface area contributed by atoms with Gasteiger partial charge >= 0.3 is 0 Å². The van der Waals surface area contributed by atoms with E-state index in [0.29, 0.717) is 16.0 Å². The first kappa shape index (κ1) is 20.6. The molecule has 7 nitrogen and oxygen atoms in total. The summed E-state index contributed by atoms with van der Waals surface area (Å²) in [5.74, 6) is 0.725. The maximum Gasteiger partial charge on any atom is 0.209 e. The topological polar surface area (TPSA) is 100 Å². The summed E-state index contributed by atoms with van der Waals surface area (Å²) in [4.78, 5) is 15.0. The quantitative estimate of drug-likeness (QED) is 0.697. The van der Waals surface area contributed by atoms with Crippen molar-refractivity contribution in [1.82, 2.24) is 9.88 Å². The minimum Gasteiger partial charge on any atom is -0.454 e. The Morgan fingerprint density at radius 1 is 1.28 bits per heavy atom. The number of halogens is 1. The van der Waals surface area contributed by atoms with Crippen LogP contribution in [0.2, 0.25) is 0 Å². The number of aromatic nitrogens is 1. The van der Waals surface area contributed by atoms with Gasteiger partial charge in [-0.1, -0.05) is 0 Å². The second-order valence-corrected chi connectivity index (χ2v) is 7.96. The summed E-state index contributed by atoms with van der Waals surface area (Å²) in [6, 6.07) is 9.49. The van der Waals surface area contributed by atoms with Crippen LogP contribution in [0.4, 0.5) is 0 Å². The van der Waals surface area contributed by atoms with Gasteiger partial charge in [-0.2, -0.15) is 5.26 Å². The Balaban J connectivity index is 0.000000550.